The molecule has 0 amide bonds. The van der Waals surface area contributed by atoms with Crippen LogP contribution < -0.4 is 4.74 Å². The first-order valence-corrected chi connectivity index (χ1v) is 6.16. The van der Waals surface area contributed by atoms with Gasteiger partial charge in [0.05, 0.1) is 16.5 Å². The van der Waals surface area contributed by atoms with Gasteiger partial charge in [-0.3, -0.25) is 4.79 Å². The Morgan fingerprint density at radius 2 is 2.24 bits per heavy atom. The molecule has 1 atom stereocenters. The molecular formula is C12H12BrFO3. The third kappa shape index (κ3) is 2.77. The molecule has 0 aromatic heterocycles. The molecule has 1 N–H and O–H groups in total. The molecule has 0 saturated heterocycles. The molecule has 1 unspecified atom stereocenters. The fourth-order valence-electron chi connectivity index (χ4n) is 1.51. The van der Waals surface area contributed by atoms with Gasteiger partial charge in [0.15, 0.2) is 0 Å². The van der Waals surface area contributed by atoms with Gasteiger partial charge in [0.2, 0.25) is 0 Å². The number of hydrogen-bond donors (Lipinski definition) is 1. The van der Waals surface area contributed by atoms with Crippen molar-refractivity contribution in [1.82, 2.24) is 0 Å². The molecule has 1 aromatic rings. The Hall–Kier alpha value is -1.10. The fourth-order valence-corrected chi connectivity index (χ4v) is 2.05. The Kier molecular flexibility index (Phi) is 3.38. The Bertz CT molecular complexity index is 457. The summed E-state index contributed by atoms with van der Waals surface area (Å²) in [5, 5.41) is 9.00. The van der Waals surface area contributed by atoms with Crippen molar-refractivity contribution in [2.24, 2.45) is 0 Å². The summed E-state index contributed by atoms with van der Waals surface area (Å²) in [4.78, 5) is 11.0. The van der Waals surface area contributed by atoms with E-state index in [0.717, 1.165) is 12.8 Å². The summed E-state index contributed by atoms with van der Waals surface area (Å²) < 4.78 is 19.4. The molecule has 1 saturated carbocycles. The van der Waals surface area contributed by atoms with Crippen LogP contribution in [0.15, 0.2) is 16.6 Å². The zero-order valence-electron chi connectivity index (χ0n) is 9.24. The van der Waals surface area contributed by atoms with Crippen LogP contribution in [0.25, 0.3) is 0 Å². The number of rotatable bonds is 4. The number of ether oxygens (including phenoxy) is 1. The molecule has 1 aromatic carbocycles. The number of carboxylic acids is 1. The SMILES string of the molecule is CC(C(=O)O)c1cc(F)cc(Br)c1OC1CC1. The highest BCUT2D eigenvalue weighted by Crippen LogP contribution is 2.38. The van der Waals surface area contributed by atoms with Crippen LogP contribution >= 0.6 is 15.9 Å². The highest BCUT2D eigenvalue weighted by molar-refractivity contribution is 9.10. The van der Waals surface area contributed by atoms with E-state index in [-0.39, 0.29) is 6.10 Å². The maximum Gasteiger partial charge on any atom is 0.310 e. The smallest absolute Gasteiger partial charge is 0.310 e. The van der Waals surface area contributed by atoms with Crippen LogP contribution in [0.4, 0.5) is 4.39 Å². The lowest BCUT2D eigenvalue weighted by Gasteiger charge is -2.15. The molecule has 3 nitrogen and oxygen atoms in total. The standard InChI is InChI=1S/C12H12BrFO3/c1-6(12(15)16)9-4-7(14)5-10(13)11(9)17-8-2-3-8/h4-6,8H,2-3H2,1H3,(H,15,16). The Labute approximate surface area is 107 Å². The van der Waals surface area contributed by atoms with Crippen molar-refractivity contribution in [3.05, 3.63) is 28.0 Å². The quantitative estimate of drug-likeness (QED) is 0.928. The Morgan fingerprint density at radius 3 is 2.76 bits per heavy atom. The van der Waals surface area contributed by atoms with Crippen molar-refractivity contribution in [2.75, 3.05) is 0 Å². The van der Waals surface area contributed by atoms with E-state index in [9.17, 15) is 9.18 Å². The van der Waals surface area contributed by atoms with Crippen LogP contribution in [0, 0.1) is 5.82 Å². The molecule has 0 radical (unpaired) electrons. The maximum absolute atomic E-state index is 13.3. The lowest BCUT2D eigenvalue weighted by atomic mass is 10.0. The van der Waals surface area contributed by atoms with Crippen molar-refractivity contribution in [3.63, 3.8) is 0 Å². The third-order valence-electron chi connectivity index (χ3n) is 2.68. The Balaban J connectivity index is 2.41. The van der Waals surface area contributed by atoms with Crippen molar-refractivity contribution >= 4 is 21.9 Å². The van der Waals surface area contributed by atoms with E-state index in [1.165, 1.54) is 19.1 Å². The van der Waals surface area contributed by atoms with Gasteiger partial charge < -0.3 is 9.84 Å². The van der Waals surface area contributed by atoms with E-state index < -0.39 is 17.7 Å². The first-order valence-electron chi connectivity index (χ1n) is 5.37. The van der Waals surface area contributed by atoms with E-state index in [1.807, 2.05) is 0 Å². The number of halogens is 2. The van der Waals surface area contributed by atoms with Gasteiger partial charge in [0, 0.05) is 5.56 Å². The topological polar surface area (TPSA) is 46.5 Å². The number of hydrogen-bond acceptors (Lipinski definition) is 2. The molecule has 1 aliphatic rings. The van der Waals surface area contributed by atoms with Gasteiger partial charge in [-0.15, -0.1) is 0 Å². The van der Waals surface area contributed by atoms with Crippen molar-refractivity contribution in [3.8, 4) is 5.75 Å². The minimum atomic E-state index is -0.997. The third-order valence-corrected chi connectivity index (χ3v) is 3.27. The van der Waals surface area contributed by atoms with Crippen molar-refractivity contribution in [1.29, 1.82) is 0 Å². The van der Waals surface area contributed by atoms with Gasteiger partial charge in [-0.05, 0) is 47.8 Å². The zero-order valence-corrected chi connectivity index (χ0v) is 10.8. The van der Waals surface area contributed by atoms with E-state index in [4.69, 9.17) is 9.84 Å². The number of carboxylic acid groups (broad SMARTS) is 1. The summed E-state index contributed by atoms with van der Waals surface area (Å²) in [6, 6.07) is 2.51. The van der Waals surface area contributed by atoms with Gasteiger partial charge in [-0.1, -0.05) is 0 Å². The minimum absolute atomic E-state index is 0.136. The van der Waals surface area contributed by atoms with Crippen LogP contribution in [0.1, 0.15) is 31.2 Å². The largest absolute Gasteiger partial charge is 0.489 e. The fraction of sp³-hybridized carbons (Fsp3) is 0.417. The highest BCUT2D eigenvalue weighted by Gasteiger charge is 2.28. The highest BCUT2D eigenvalue weighted by atomic mass is 79.9. The summed E-state index contributed by atoms with van der Waals surface area (Å²) in [5.74, 6) is -1.81. The second-order valence-electron chi connectivity index (χ2n) is 4.18. The molecule has 2 rings (SSSR count). The normalized spacial score (nSPS) is 16.6. The molecule has 0 aliphatic heterocycles. The average molecular weight is 303 g/mol. The van der Waals surface area contributed by atoms with E-state index in [2.05, 4.69) is 15.9 Å². The second-order valence-corrected chi connectivity index (χ2v) is 5.04. The molecule has 17 heavy (non-hydrogen) atoms. The minimum Gasteiger partial charge on any atom is -0.489 e. The monoisotopic (exact) mass is 302 g/mol. The first-order chi connectivity index (χ1) is 7.99. The summed E-state index contributed by atoms with van der Waals surface area (Å²) in [7, 11) is 0. The van der Waals surface area contributed by atoms with Crippen LogP contribution in [0.3, 0.4) is 0 Å². The predicted molar refractivity (Wildman–Crippen MR) is 63.8 cm³/mol. The van der Waals surface area contributed by atoms with Gasteiger partial charge in [-0.2, -0.15) is 0 Å². The molecule has 1 fully saturated rings. The van der Waals surface area contributed by atoms with E-state index >= 15 is 0 Å². The van der Waals surface area contributed by atoms with Gasteiger partial charge in [0.1, 0.15) is 11.6 Å². The number of carbonyl (C=O) groups is 1. The molecule has 1 aliphatic carbocycles. The molecule has 0 bridgehead atoms. The lowest BCUT2D eigenvalue weighted by Crippen LogP contribution is -2.11. The van der Waals surface area contributed by atoms with Crippen molar-refractivity contribution in [2.45, 2.75) is 31.8 Å². The molecule has 5 heteroatoms. The van der Waals surface area contributed by atoms with Crippen LogP contribution in [-0.2, 0) is 4.79 Å². The van der Waals surface area contributed by atoms with Crippen LogP contribution in [0.5, 0.6) is 5.75 Å². The zero-order chi connectivity index (χ0) is 12.6. The molecule has 0 spiro atoms. The molecule has 92 valence electrons. The first kappa shape index (κ1) is 12.4. The van der Waals surface area contributed by atoms with E-state index in [0.29, 0.717) is 15.8 Å². The number of benzene rings is 1. The Morgan fingerprint density at radius 1 is 1.59 bits per heavy atom. The second kappa shape index (κ2) is 4.64. The molecular weight excluding hydrogens is 291 g/mol. The van der Waals surface area contributed by atoms with Crippen molar-refractivity contribution < 1.29 is 19.0 Å². The van der Waals surface area contributed by atoms with E-state index in [1.54, 1.807) is 0 Å². The van der Waals surface area contributed by atoms with Crippen LogP contribution in [0.2, 0.25) is 0 Å². The summed E-state index contributed by atoms with van der Waals surface area (Å²) >= 11 is 3.21. The molecule has 0 heterocycles. The summed E-state index contributed by atoms with van der Waals surface area (Å²) in [6.07, 6.45) is 2.06. The van der Waals surface area contributed by atoms with Gasteiger partial charge in [-0.25, -0.2) is 4.39 Å². The average Bonchev–Trinajstić information content (AvgIpc) is 3.04. The lowest BCUT2D eigenvalue weighted by molar-refractivity contribution is -0.138. The summed E-state index contributed by atoms with van der Waals surface area (Å²) in [6.45, 7) is 1.52. The predicted octanol–water partition coefficient (Wildman–Crippen LogP) is 3.32. The van der Waals surface area contributed by atoms with Crippen LogP contribution in [-0.4, -0.2) is 17.2 Å². The van der Waals surface area contributed by atoms with Gasteiger partial charge >= 0.3 is 5.97 Å². The van der Waals surface area contributed by atoms with Gasteiger partial charge in [0.25, 0.3) is 0 Å². The number of aliphatic carboxylic acids is 1. The summed E-state index contributed by atoms with van der Waals surface area (Å²) in [5.41, 5.74) is 0.372. The maximum atomic E-state index is 13.3.